The lowest BCUT2D eigenvalue weighted by Crippen LogP contribution is -2.27. The molecule has 0 heterocycles. The molecular formula is C10H21NO4. The molecule has 0 fully saturated rings. The third-order valence-corrected chi connectivity index (χ3v) is 1.68. The van der Waals surface area contributed by atoms with Gasteiger partial charge >= 0.3 is 6.09 Å². The minimum absolute atomic E-state index is 0.232. The summed E-state index contributed by atoms with van der Waals surface area (Å²) in [7, 11) is 1.51. The lowest BCUT2D eigenvalue weighted by atomic mass is 10.2. The monoisotopic (exact) mass is 219 g/mol. The Morgan fingerprint density at radius 2 is 1.93 bits per heavy atom. The van der Waals surface area contributed by atoms with Crippen LogP contribution in [0.2, 0.25) is 0 Å². The van der Waals surface area contributed by atoms with Crippen LogP contribution in [-0.2, 0) is 14.2 Å². The Bertz CT molecular complexity index is 173. The van der Waals surface area contributed by atoms with E-state index in [1.807, 2.05) is 20.8 Å². The fourth-order valence-electron chi connectivity index (χ4n) is 0.968. The molecule has 15 heavy (non-hydrogen) atoms. The third-order valence-electron chi connectivity index (χ3n) is 1.68. The molecule has 0 aliphatic rings. The van der Waals surface area contributed by atoms with Gasteiger partial charge in [0.25, 0.3) is 0 Å². The SMILES string of the molecule is CCOC(OCCOC(=O)NC)C(C)C. The van der Waals surface area contributed by atoms with Crippen LogP contribution in [0.25, 0.3) is 0 Å². The molecule has 5 nitrogen and oxygen atoms in total. The highest BCUT2D eigenvalue weighted by atomic mass is 16.7. The molecule has 0 aliphatic carbocycles. The van der Waals surface area contributed by atoms with Gasteiger partial charge in [-0.3, -0.25) is 0 Å². The zero-order valence-corrected chi connectivity index (χ0v) is 9.91. The smallest absolute Gasteiger partial charge is 0.406 e. The number of carbonyl (C=O) groups excluding carboxylic acids is 1. The molecule has 0 saturated heterocycles. The van der Waals surface area contributed by atoms with E-state index in [2.05, 4.69) is 5.32 Å². The normalized spacial score (nSPS) is 12.6. The molecule has 1 amide bonds. The number of hydrogen-bond donors (Lipinski definition) is 1. The van der Waals surface area contributed by atoms with E-state index in [-0.39, 0.29) is 18.8 Å². The molecule has 0 saturated carbocycles. The van der Waals surface area contributed by atoms with E-state index in [0.29, 0.717) is 13.2 Å². The predicted octanol–water partition coefficient (Wildman–Crippen LogP) is 1.38. The lowest BCUT2D eigenvalue weighted by molar-refractivity contribution is -0.167. The van der Waals surface area contributed by atoms with Crippen molar-refractivity contribution in [1.82, 2.24) is 5.32 Å². The molecule has 0 aromatic rings. The molecule has 0 bridgehead atoms. The first-order valence-corrected chi connectivity index (χ1v) is 5.19. The van der Waals surface area contributed by atoms with E-state index in [0.717, 1.165) is 0 Å². The van der Waals surface area contributed by atoms with Crippen molar-refractivity contribution >= 4 is 6.09 Å². The van der Waals surface area contributed by atoms with Crippen molar-refractivity contribution < 1.29 is 19.0 Å². The average molecular weight is 219 g/mol. The van der Waals surface area contributed by atoms with Crippen LogP contribution < -0.4 is 5.32 Å². The molecule has 0 aromatic heterocycles. The minimum Gasteiger partial charge on any atom is -0.447 e. The zero-order valence-electron chi connectivity index (χ0n) is 9.91. The summed E-state index contributed by atoms with van der Waals surface area (Å²) in [6.45, 7) is 7.13. The van der Waals surface area contributed by atoms with Gasteiger partial charge in [-0.05, 0) is 6.92 Å². The average Bonchev–Trinajstić information content (AvgIpc) is 2.21. The van der Waals surface area contributed by atoms with Crippen LogP contribution >= 0.6 is 0 Å². The molecule has 0 radical (unpaired) electrons. The van der Waals surface area contributed by atoms with Crippen molar-refractivity contribution in [2.45, 2.75) is 27.1 Å². The quantitative estimate of drug-likeness (QED) is 0.519. The largest absolute Gasteiger partial charge is 0.447 e. The highest BCUT2D eigenvalue weighted by Crippen LogP contribution is 2.07. The molecular weight excluding hydrogens is 198 g/mol. The number of hydrogen-bond acceptors (Lipinski definition) is 4. The van der Waals surface area contributed by atoms with Crippen LogP contribution in [0.5, 0.6) is 0 Å². The van der Waals surface area contributed by atoms with Gasteiger partial charge in [0.05, 0.1) is 6.61 Å². The Labute approximate surface area is 91.1 Å². The summed E-state index contributed by atoms with van der Waals surface area (Å²) < 4.78 is 15.5. The first-order chi connectivity index (χ1) is 7.11. The molecule has 1 unspecified atom stereocenters. The summed E-state index contributed by atoms with van der Waals surface area (Å²) >= 11 is 0. The van der Waals surface area contributed by atoms with Gasteiger partial charge in [0.15, 0.2) is 6.29 Å². The van der Waals surface area contributed by atoms with Gasteiger partial charge in [-0.2, -0.15) is 0 Å². The Hall–Kier alpha value is -0.810. The Balaban J connectivity index is 3.57. The summed E-state index contributed by atoms with van der Waals surface area (Å²) in [5, 5.41) is 2.35. The Morgan fingerprint density at radius 3 is 2.40 bits per heavy atom. The maximum atomic E-state index is 10.7. The van der Waals surface area contributed by atoms with E-state index in [9.17, 15) is 4.79 Å². The predicted molar refractivity (Wildman–Crippen MR) is 56.6 cm³/mol. The standard InChI is InChI=1S/C10H21NO4/c1-5-13-9(8(2)3)14-6-7-15-10(12)11-4/h8-9H,5-7H2,1-4H3,(H,11,12). The second kappa shape index (κ2) is 8.49. The van der Waals surface area contributed by atoms with E-state index in [4.69, 9.17) is 14.2 Å². The van der Waals surface area contributed by atoms with Crippen molar-refractivity contribution in [3.8, 4) is 0 Å². The maximum Gasteiger partial charge on any atom is 0.406 e. The van der Waals surface area contributed by atoms with Gasteiger partial charge in [-0.1, -0.05) is 13.8 Å². The van der Waals surface area contributed by atoms with Gasteiger partial charge in [0.1, 0.15) is 6.61 Å². The van der Waals surface area contributed by atoms with Gasteiger partial charge < -0.3 is 19.5 Å². The van der Waals surface area contributed by atoms with Crippen LogP contribution in [0.15, 0.2) is 0 Å². The van der Waals surface area contributed by atoms with Crippen molar-refractivity contribution in [3.63, 3.8) is 0 Å². The summed E-state index contributed by atoms with van der Waals surface area (Å²) in [6.07, 6.45) is -0.681. The van der Waals surface area contributed by atoms with E-state index in [1.54, 1.807) is 0 Å². The number of rotatable bonds is 7. The first kappa shape index (κ1) is 14.2. The number of carbonyl (C=O) groups is 1. The summed E-state index contributed by atoms with van der Waals surface area (Å²) in [6, 6.07) is 0. The summed E-state index contributed by atoms with van der Waals surface area (Å²) in [4.78, 5) is 10.7. The molecule has 0 rings (SSSR count). The molecule has 1 atom stereocenters. The van der Waals surface area contributed by atoms with Gasteiger partial charge in [0.2, 0.25) is 0 Å². The van der Waals surface area contributed by atoms with Crippen molar-refractivity contribution in [2.24, 2.45) is 5.92 Å². The van der Waals surface area contributed by atoms with Crippen LogP contribution in [0.4, 0.5) is 4.79 Å². The van der Waals surface area contributed by atoms with E-state index in [1.165, 1.54) is 7.05 Å². The van der Waals surface area contributed by atoms with E-state index >= 15 is 0 Å². The summed E-state index contributed by atoms with van der Waals surface area (Å²) in [5.41, 5.74) is 0. The first-order valence-electron chi connectivity index (χ1n) is 5.19. The van der Waals surface area contributed by atoms with Gasteiger partial charge in [-0.25, -0.2) is 4.79 Å². The molecule has 90 valence electrons. The summed E-state index contributed by atoms with van der Waals surface area (Å²) in [5.74, 6) is 0.282. The van der Waals surface area contributed by atoms with E-state index < -0.39 is 6.09 Å². The van der Waals surface area contributed by atoms with Crippen LogP contribution in [0.1, 0.15) is 20.8 Å². The Morgan fingerprint density at radius 1 is 1.27 bits per heavy atom. The highest BCUT2D eigenvalue weighted by Gasteiger charge is 2.13. The molecule has 1 N–H and O–H groups in total. The van der Waals surface area contributed by atoms with Crippen LogP contribution in [-0.4, -0.2) is 39.3 Å². The van der Waals surface area contributed by atoms with Gasteiger partial charge in [-0.15, -0.1) is 0 Å². The Kier molecular flexibility index (Phi) is 8.04. The van der Waals surface area contributed by atoms with Crippen LogP contribution in [0.3, 0.4) is 0 Å². The van der Waals surface area contributed by atoms with Crippen molar-refractivity contribution in [1.29, 1.82) is 0 Å². The molecule has 0 aliphatic heterocycles. The molecule has 0 spiro atoms. The van der Waals surface area contributed by atoms with Crippen molar-refractivity contribution in [2.75, 3.05) is 26.9 Å². The minimum atomic E-state index is -0.448. The third kappa shape index (κ3) is 7.16. The number of nitrogens with one attached hydrogen (secondary N) is 1. The number of ether oxygens (including phenoxy) is 3. The van der Waals surface area contributed by atoms with Crippen molar-refractivity contribution in [3.05, 3.63) is 0 Å². The van der Waals surface area contributed by atoms with Crippen LogP contribution in [0, 0.1) is 5.92 Å². The highest BCUT2D eigenvalue weighted by molar-refractivity contribution is 5.66. The van der Waals surface area contributed by atoms with Gasteiger partial charge in [0, 0.05) is 19.6 Å². The fraction of sp³-hybridized carbons (Fsp3) is 0.900. The molecule has 5 heteroatoms. The second-order valence-electron chi connectivity index (χ2n) is 3.32. The number of amides is 1. The lowest BCUT2D eigenvalue weighted by Gasteiger charge is -2.20. The molecule has 0 aromatic carbocycles. The fourth-order valence-corrected chi connectivity index (χ4v) is 0.968. The topological polar surface area (TPSA) is 56.8 Å². The maximum absolute atomic E-state index is 10.7. The second-order valence-corrected chi connectivity index (χ2v) is 3.32. The zero-order chi connectivity index (χ0) is 11.7. The number of alkyl carbamates (subject to hydrolysis) is 1.